The van der Waals surface area contributed by atoms with Gasteiger partial charge in [-0.15, -0.1) is 0 Å². The number of ether oxygens (including phenoxy) is 2. The third-order valence-corrected chi connectivity index (χ3v) is 6.41. The van der Waals surface area contributed by atoms with Crippen LogP contribution in [0.2, 0.25) is 0 Å². The Balaban J connectivity index is 1.35. The van der Waals surface area contributed by atoms with Gasteiger partial charge >= 0.3 is 6.61 Å². The molecular weight excluding hydrogens is 506 g/mol. The van der Waals surface area contributed by atoms with Crippen molar-refractivity contribution in [3.05, 3.63) is 77.9 Å². The molecule has 2 amide bonds. The van der Waals surface area contributed by atoms with Crippen LogP contribution in [0.5, 0.6) is 11.5 Å². The fraction of sp³-hybridized carbons (Fsp3) is 0.276. The number of hydrazone groups is 1. The molecule has 0 radical (unpaired) electrons. The van der Waals surface area contributed by atoms with Gasteiger partial charge in [0.1, 0.15) is 6.04 Å². The monoisotopic (exact) mass is 534 g/mol. The molecule has 1 fully saturated rings. The van der Waals surface area contributed by atoms with Gasteiger partial charge in [-0.2, -0.15) is 13.9 Å². The van der Waals surface area contributed by atoms with Gasteiger partial charge in [0, 0.05) is 24.7 Å². The number of fused-ring (bicyclic) bond motifs is 1. The average Bonchev–Trinajstić information content (AvgIpc) is 3.66. The fourth-order valence-electron chi connectivity index (χ4n) is 4.31. The Morgan fingerprint density at radius 3 is 2.44 bits per heavy atom. The van der Waals surface area contributed by atoms with E-state index in [-0.39, 0.29) is 23.3 Å². The van der Waals surface area contributed by atoms with E-state index in [1.807, 2.05) is 24.3 Å². The highest BCUT2D eigenvalue weighted by molar-refractivity contribution is 5.99. The van der Waals surface area contributed by atoms with E-state index in [2.05, 4.69) is 20.5 Å². The van der Waals surface area contributed by atoms with Crippen molar-refractivity contribution in [1.29, 1.82) is 0 Å². The molecule has 39 heavy (non-hydrogen) atoms. The van der Waals surface area contributed by atoms with Gasteiger partial charge in [0.15, 0.2) is 11.5 Å². The summed E-state index contributed by atoms with van der Waals surface area (Å²) in [7, 11) is 0. The summed E-state index contributed by atoms with van der Waals surface area (Å²) in [6, 6.07) is 18.5. The highest BCUT2D eigenvalue weighted by atomic mass is 19.3. The number of carbonyl (C=O) groups is 2. The summed E-state index contributed by atoms with van der Waals surface area (Å²) in [4.78, 5) is 24.6. The third kappa shape index (κ3) is 6.70. The number of amides is 2. The second-order valence-corrected chi connectivity index (χ2v) is 9.52. The van der Waals surface area contributed by atoms with Gasteiger partial charge in [-0.3, -0.25) is 14.6 Å². The number of carbonyl (C=O) groups excluding carboxylic acids is 2. The number of nitrogens with zero attached hydrogens (tertiary/aromatic N) is 2. The topological polar surface area (TPSA) is 92.3 Å². The maximum absolute atomic E-state index is 13.3. The molecule has 10 heteroatoms. The van der Waals surface area contributed by atoms with E-state index in [0.29, 0.717) is 35.9 Å². The second kappa shape index (κ2) is 11.5. The van der Waals surface area contributed by atoms with Crippen molar-refractivity contribution < 1.29 is 27.8 Å². The highest BCUT2D eigenvalue weighted by Gasteiger charge is 2.34. The first kappa shape index (κ1) is 26.1. The Hall–Kier alpha value is -4.47. The molecule has 1 saturated carbocycles. The molecule has 0 aromatic heterocycles. The van der Waals surface area contributed by atoms with Gasteiger partial charge in [-0.1, -0.05) is 18.2 Å². The van der Waals surface area contributed by atoms with E-state index in [0.717, 1.165) is 24.1 Å². The van der Waals surface area contributed by atoms with Crippen molar-refractivity contribution >= 4 is 35.1 Å². The van der Waals surface area contributed by atoms with Crippen LogP contribution in [0.4, 0.5) is 25.8 Å². The van der Waals surface area contributed by atoms with Gasteiger partial charge in [-0.25, -0.2) is 0 Å². The predicted octanol–water partition coefficient (Wildman–Crippen LogP) is 5.44. The van der Waals surface area contributed by atoms with E-state index >= 15 is 0 Å². The van der Waals surface area contributed by atoms with Crippen LogP contribution in [0.15, 0.2) is 71.8 Å². The third-order valence-electron chi connectivity index (χ3n) is 6.41. The Morgan fingerprint density at radius 2 is 1.74 bits per heavy atom. The fourth-order valence-corrected chi connectivity index (χ4v) is 4.31. The smallest absolute Gasteiger partial charge is 0.387 e. The van der Waals surface area contributed by atoms with Crippen LogP contribution in [0.25, 0.3) is 0 Å². The molecule has 1 aliphatic heterocycles. The number of benzene rings is 3. The van der Waals surface area contributed by atoms with Gasteiger partial charge in [0.2, 0.25) is 11.8 Å². The maximum atomic E-state index is 13.3. The lowest BCUT2D eigenvalue weighted by atomic mass is 10.1. The Kier molecular flexibility index (Phi) is 7.72. The first-order chi connectivity index (χ1) is 18.9. The van der Waals surface area contributed by atoms with Crippen molar-refractivity contribution in [2.24, 2.45) is 11.0 Å². The summed E-state index contributed by atoms with van der Waals surface area (Å²) in [5.74, 6) is 0.205. The molecule has 0 bridgehead atoms. The SMILES string of the molecule is CC(=O)Nc1ccc(NC(=O)C2Cc3ccccc3N2/N=C/c2ccc(OC(F)F)c(OCC3CC3)c2)cc1. The molecule has 0 spiro atoms. The molecule has 2 aliphatic rings. The summed E-state index contributed by atoms with van der Waals surface area (Å²) in [6.45, 7) is -1.10. The Bertz CT molecular complexity index is 1380. The Morgan fingerprint density at radius 1 is 1.03 bits per heavy atom. The van der Waals surface area contributed by atoms with Gasteiger partial charge in [-0.05, 0) is 78.4 Å². The highest BCUT2D eigenvalue weighted by Crippen LogP contribution is 2.35. The largest absolute Gasteiger partial charge is 0.489 e. The lowest BCUT2D eigenvalue weighted by molar-refractivity contribution is -0.117. The summed E-state index contributed by atoms with van der Waals surface area (Å²) < 4.78 is 36.2. The number of alkyl halides is 2. The Labute approximate surface area is 224 Å². The molecule has 1 atom stereocenters. The number of hydrogen-bond acceptors (Lipinski definition) is 6. The molecule has 202 valence electrons. The minimum absolute atomic E-state index is 0.0314. The van der Waals surface area contributed by atoms with Crippen LogP contribution >= 0.6 is 0 Å². The number of para-hydroxylation sites is 1. The van der Waals surface area contributed by atoms with Crippen molar-refractivity contribution in [1.82, 2.24) is 0 Å². The summed E-state index contributed by atoms with van der Waals surface area (Å²) in [6.07, 6.45) is 4.15. The van der Waals surface area contributed by atoms with Crippen molar-refractivity contribution in [2.75, 3.05) is 22.2 Å². The molecule has 2 N–H and O–H groups in total. The van der Waals surface area contributed by atoms with Gasteiger partial charge in [0.05, 0.1) is 18.5 Å². The summed E-state index contributed by atoms with van der Waals surface area (Å²) in [5, 5.41) is 11.9. The summed E-state index contributed by atoms with van der Waals surface area (Å²) in [5.41, 5.74) is 3.61. The number of rotatable bonds is 10. The molecule has 1 unspecified atom stereocenters. The van der Waals surface area contributed by atoms with Crippen LogP contribution in [0.3, 0.4) is 0 Å². The predicted molar refractivity (Wildman–Crippen MR) is 145 cm³/mol. The molecular formula is C29H28F2N4O4. The van der Waals surface area contributed by atoms with E-state index in [1.54, 1.807) is 47.6 Å². The first-order valence-electron chi connectivity index (χ1n) is 12.7. The van der Waals surface area contributed by atoms with Crippen LogP contribution < -0.4 is 25.1 Å². The number of halogens is 2. The van der Waals surface area contributed by atoms with Crippen molar-refractivity contribution in [2.45, 2.75) is 38.8 Å². The van der Waals surface area contributed by atoms with Gasteiger partial charge < -0.3 is 20.1 Å². The molecule has 3 aromatic rings. The van der Waals surface area contributed by atoms with Crippen LogP contribution in [0.1, 0.15) is 30.9 Å². The van der Waals surface area contributed by atoms with Crippen LogP contribution in [-0.2, 0) is 16.0 Å². The van der Waals surface area contributed by atoms with E-state index in [9.17, 15) is 18.4 Å². The van der Waals surface area contributed by atoms with Crippen molar-refractivity contribution in [3.8, 4) is 11.5 Å². The first-order valence-corrected chi connectivity index (χ1v) is 12.7. The molecule has 1 heterocycles. The standard InChI is InChI=1S/C29H28F2N4O4/c1-18(36)33-22-9-11-23(12-10-22)34-28(37)25-15-21-4-2-3-5-24(21)35(25)32-16-20-8-13-26(39-29(30)31)27(14-20)38-17-19-6-7-19/h2-5,8-14,16,19,25,29H,6-7,15,17H2,1H3,(H,33,36)(H,34,37)/b32-16+. The van der Waals surface area contributed by atoms with E-state index < -0.39 is 12.7 Å². The quantitative estimate of drug-likeness (QED) is 0.338. The molecule has 0 saturated heterocycles. The maximum Gasteiger partial charge on any atom is 0.387 e. The van der Waals surface area contributed by atoms with Crippen LogP contribution in [-0.4, -0.2) is 37.3 Å². The minimum Gasteiger partial charge on any atom is -0.489 e. The molecule has 5 rings (SSSR count). The zero-order chi connectivity index (χ0) is 27.4. The lowest BCUT2D eigenvalue weighted by Gasteiger charge is -2.22. The molecule has 8 nitrogen and oxygen atoms in total. The second-order valence-electron chi connectivity index (χ2n) is 9.52. The normalized spacial score (nSPS) is 16.3. The lowest BCUT2D eigenvalue weighted by Crippen LogP contribution is -2.39. The zero-order valence-corrected chi connectivity index (χ0v) is 21.3. The molecule has 1 aliphatic carbocycles. The minimum atomic E-state index is -2.96. The number of hydrogen-bond donors (Lipinski definition) is 2. The van der Waals surface area contributed by atoms with Gasteiger partial charge in [0.25, 0.3) is 0 Å². The zero-order valence-electron chi connectivity index (χ0n) is 21.3. The summed E-state index contributed by atoms with van der Waals surface area (Å²) >= 11 is 0. The average molecular weight is 535 g/mol. The van der Waals surface area contributed by atoms with Crippen LogP contribution in [0, 0.1) is 5.92 Å². The van der Waals surface area contributed by atoms with E-state index in [4.69, 9.17) is 4.74 Å². The van der Waals surface area contributed by atoms with Crippen molar-refractivity contribution in [3.63, 3.8) is 0 Å². The van der Waals surface area contributed by atoms with E-state index in [1.165, 1.54) is 13.0 Å². The number of anilines is 3. The molecule has 3 aromatic carbocycles. The number of nitrogens with one attached hydrogen (secondary N) is 2.